The van der Waals surface area contributed by atoms with E-state index in [4.69, 9.17) is 9.84 Å². The van der Waals surface area contributed by atoms with Gasteiger partial charge in [0.2, 0.25) is 0 Å². The van der Waals surface area contributed by atoms with Crippen LogP contribution in [0.25, 0.3) is 30.0 Å². The van der Waals surface area contributed by atoms with Gasteiger partial charge in [0.1, 0.15) is 5.75 Å². The average Bonchev–Trinajstić information content (AvgIpc) is 3.22. The molecule has 0 spiro atoms. The van der Waals surface area contributed by atoms with E-state index in [0.29, 0.717) is 5.75 Å². The van der Waals surface area contributed by atoms with E-state index in [-0.39, 0.29) is 11.5 Å². The van der Waals surface area contributed by atoms with Crippen LogP contribution < -0.4 is 4.74 Å². The molecule has 0 unspecified atom stereocenters. The van der Waals surface area contributed by atoms with Crippen molar-refractivity contribution in [1.82, 2.24) is 9.78 Å². The quantitative estimate of drug-likeness (QED) is 0.373. The normalized spacial score (nSPS) is 11.5. The maximum atomic E-state index is 9.85. The molecule has 0 fully saturated rings. The highest BCUT2D eigenvalue weighted by Crippen LogP contribution is 2.27. The Hall–Kier alpha value is -4.25. The summed E-state index contributed by atoms with van der Waals surface area (Å²) in [5.41, 5.74) is 6.56. The largest absolute Gasteiger partial charge is 0.508 e. The fourth-order valence-corrected chi connectivity index (χ4v) is 3.55. The molecule has 4 aromatic rings. The number of ether oxygens (including phenoxy) is 1. The summed E-state index contributed by atoms with van der Waals surface area (Å²) >= 11 is 0. The van der Waals surface area contributed by atoms with Crippen LogP contribution in [-0.4, -0.2) is 27.1 Å². The number of benzene rings is 3. The smallest absolute Gasteiger partial charge is 0.161 e. The van der Waals surface area contributed by atoms with Crippen LogP contribution in [0, 0.1) is 13.8 Å². The highest BCUT2D eigenvalue weighted by Gasteiger charge is 2.09. The minimum Gasteiger partial charge on any atom is -0.508 e. The number of aromatic nitrogens is 2. The molecule has 0 bridgehead atoms. The van der Waals surface area contributed by atoms with Gasteiger partial charge < -0.3 is 14.9 Å². The number of hydrogen-bond acceptors (Lipinski definition) is 4. The Labute approximate surface area is 193 Å². The van der Waals surface area contributed by atoms with Gasteiger partial charge in [-0.2, -0.15) is 5.10 Å². The van der Waals surface area contributed by atoms with Gasteiger partial charge in [-0.3, -0.25) is 0 Å². The molecule has 0 saturated heterocycles. The van der Waals surface area contributed by atoms with Gasteiger partial charge in [-0.1, -0.05) is 42.5 Å². The van der Waals surface area contributed by atoms with E-state index in [9.17, 15) is 10.2 Å². The van der Waals surface area contributed by atoms with Gasteiger partial charge in [-0.25, -0.2) is 4.68 Å². The van der Waals surface area contributed by atoms with Gasteiger partial charge in [-0.05, 0) is 84.7 Å². The zero-order valence-electron chi connectivity index (χ0n) is 18.9. The van der Waals surface area contributed by atoms with Gasteiger partial charge in [0, 0.05) is 0 Å². The van der Waals surface area contributed by atoms with Crippen molar-refractivity contribution in [3.05, 3.63) is 100 Å². The second-order valence-electron chi connectivity index (χ2n) is 7.84. The summed E-state index contributed by atoms with van der Waals surface area (Å²) in [7, 11) is 1.53. The van der Waals surface area contributed by atoms with Crippen molar-refractivity contribution in [2.24, 2.45) is 0 Å². The van der Waals surface area contributed by atoms with E-state index in [1.807, 2.05) is 78.4 Å². The zero-order valence-corrected chi connectivity index (χ0v) is 18.9. The number of phenolic OH excluding ortho intramolecular Hbond substituents is 2. The Kier molecular flexibility index (Phi) is 6.31. The maximum absolute atomic E-state index is 9.85. The third-order valence-electron chi connectivity index (χ3n) is 5.42. The van der Waals surface area contributed by atoms with Gasteiger partial charge in [0.25, 0.3) is 0 Å². The summed E-state index contributed by atoms with van der Waals surface area (Å²) in [4.78, 5) is 0. The molecule has 0 saturated carbocycles. The summed E-state index contributed by atoms with van der Waals surface area (Å²) in [6.45, 7) is 3.94. The molecule has 33 heavy (non-hydrogen) atoms. The predicted molar refractivity (Wildman–Crippen MR) is 134 cm³/mol. The molecule has 0 atom stereocenters. The van der Waals surface area contributed by atoms with Crippen LogP contribution >= 0.6 is 0 Å². The van der Waals surface area contributed by atoms with E-state index in [2.05, 4.69) is 13.0 Å². The first kappa shape index (κ1) is 22.0. The second-order valence-corrected chi connectivity index (χ2v) is 7.84. The number of phenols is 2. The number of nitrogens with zero attached hydrogens (tertiary/aromatic N) is 2. The molecule has 0 aliphatic heterocycles. The SMILES string of the molecule is COc1cc(/C=C/c2cc(/C=C/c3ccc(O)c(C)c3)nn2-c2ccccc2C)ccc1O. The third-order valence-corrected chi connectivity index (χ3v) is 5.42. The molecule has 0 aliphatic carbocycles. The summed E-state index contributed by atoms with van der Waals surface area (Å²) in [5, 5.41) is 24.4. The first-order chi connectivity index (χ1) is 15.9. The fourth-order valence-electron chi connectivity index (χ4n) is 3.55. The molecule has 1 heterocycles. The Balaban J connectivity index is 1.72. The van der Waals surface area contributed by atoms with Gasteiger partial charge in [-0.15, -0.1) is 0 Å². The monoisotopic (exact) mass is 438 g/mol. The van der Waals surface area contributed by atoms with Crippen LogP contribution in [0.1, 0.15) is 33.6 Å². The molecular formula is C28H26N2O3. The molecule has 166 valence electrons. The molecule has 0 amide bonds. The maximum Gasteiger partial charge on any atom is 0.161 e. The second kappa shape index (κ2) is 9.49. The van der Waals surface area contributed by atoms with Crippen molar-refractivity contribution in [1.29, 1.82) is 0 Å². The highest BCUT2D eigenvalue weighted by atomic mass is 16.5. The van der Waals surface area contributed by atoms with E-state index < -0.39 is 0 Å². The molecule has 3 aromatic carbocycles. The lowest BCUT2D eigenvalue weighted by Crippen LogP contribution is -2.01. The molecule has 4 rings (SSSR count). The lowest BCUT2D eigenvalue weighted by molar-refractivity contribution is 0.373. The summed E-state index contributed by atoms with van der Waals surface area (Å²) in [6, 6.07) is 20.9. The first-order valence-electron chi connectivity index (χ1n) is 10.6. The van der Waals surface area contributed by atoms with E-state index >= 15 is 0 Å². The molecule has 5 heteroatoms. The third kappa shape index (κ3) is 4.99. The van der Waals surface area contributed by atoms with E-state index in [1.54, 1.807) is 18.2 Å². The van der Waals surface area contributed by atoms with Crippen LogP contribution in [0.15, 0.2) is 66.7 Å². The van der Waals surface area contributed by atoms with Crippen LogP contribution in [0.2, 0.25) is 0 Å². The van der Waals surface area contributed by atoms with Crippen LogP contribution in [0.5, 0.6) is 17.2 Å². The minimum atomic E-state index is 0.108. The molecule has 5 nitrogen and oxygen atoms in total. The number of rotatable bonds is 6. The Morgan fingerprint density at radius 3 is 2.18 bits per heavy atom. The molecular weight excluding hydrogens is 412 g/mol. The van der Waals surface area contributed by atoms with Gasteiger partial charge in [0.05, 0.1) is 24.2 Å². The Morgan fingerprint density at radius 1 is 0.758 bits per heavy atom. The van der Waals surface area contributed by atoms with Crippen LogP contribution in [-0.2, 0) is 0 Å². The van der Waals surface area contributed by atoms with Crippen molar-refractivity contribution < 1.29 is 14.9 Å². The van der Waals surface area contributed by atoms with Crippen molar-refractivity contribution in [2.75, 3.05) is 7.11 Å². The van der Waals surface area contributed by atoms with Crippen LogP contribution in [0.3, 0.4) is 0 Å². The number of methoxy groups -OCH3 is 1. The van der Waals surface area contributed by atoms with E-state index in [1.165, 1.54) is 7.11 Å². The standard InChI is InChI=1S/C28H26N2O3/c1-19-6-4-5-7-25(19)30-24(13-9-22-11-15-27(32)28(17-22)33-3)18-23(29-30)12-8-21-10-14-26(31)20(2)16-21/h4-18,31-32H,1-3H3/b12-8+,13-9+. The zero-order chi connectivity index (χ0) is 23.4. The highest BCUT2D eigenvalue weighted by molar-refractivity contribution is 5.74. The number of para-hydroxylation sites is 1. The average molecular weight is 439 g/mol. The van der Waals surface area contributed by atoms with Crippen molar-refractivity contribution in [3.8, 4) is 22.9 Å². The van der Waals surface area contributed by atoms with Gasteiger partial charge >= 0.3 is 0 Å². The van der Waals surface area contributed by atoms with Gasteiger partial charge in [0.15, 0.2) is 11.5 Å². The first-order valence-corrected chi connectivity index (χ1v) is 10.6. The lowest BCUT2D eigenvalue weighted by Gasteiger charge is -2.08. The van der Waals surface area contributed by atoms with Crippen molar-refractivity contribution in [3.63, 3.8) is 0 Å². The summed E-state index contributed by atoms with van der Waals surface area (Å²) in [6.07, 6.45) is 7.90. The summed E-state index contributed by atoms with van der Waals surface area (Å²) in [5.74, 6) is 0.822. The summed E-state index contributed by atoms with van der Waals surface area (Å²) < 4.78 is 7.14. The Morgan fingerprint density at radius 2 is 1.45 bits per heavy atom. The number of aromatic hydroxyl groups is 2. The number of hydrogen-bond donors (Lipinski definition) is 2. The van der Waals surface area contributed by atoms with Crippen molar-refractivity contribution in [2.45, 2.75) is 13.8 Å². The minimum absolute atomic E-state index is 0.108. The molecule has 0 aliphatic rings. The van der Waals surface area contributed by atoms with Crippen LogP contribution in [0.4, 0.5) is 0 Å². The molecule has 2 N–H and O–H groups in total. The van der Waals surface area contributed by atoms with Crippen molar-refractivity contribution >= 4 is 24.3 Å². The number of aryl methyl sites for hydroxylation is 2. The Bertz CT molecular complexity index is 1350. The lowest BCUT2D eigenvalue weighted by atomic mass is 10.1. The fraction of sp³-hybridized carbons (Fsp3) is 0.107. The molecule has 0 radical (unpaired) electrons. The topological polar surface area (TPSA) is 67.5 Å². The van der Waals surface area contributed by atoms with E-state index in [0.717, 1.165) is 39.3 Å². The predicted octanol–water partition coefficient (Wildman–Crippen LogP) is 6.25. The molecule has 1 aromatic heterocycles.